The highest BCUT2D eigenvalue weighted by Crippen LogP contribution is 2.37. The number of amides is 2. The van der Waals surface area contributed by atoms with Crippen molar-refractivity contribution in [2.75, 3.05) is 28.6 Å². The molecule has 1 saturated heterocycles. The molecule has 174 valence electrons. The predicted octanol–water partition coefficient (Wildman–Crippen LogP) is 6.16. The number of piperidine rings is 1. The van der Waals surface area contributed by atoms with E-state index in [2.05, 4.69) is 10.6 Å². The van der Waals surface area contributed by atoms with Crippen LogP contribution in [0.5, 0.6) is 0 Å². The Morgan fingerprint density at radius 2 is 1.79 bits per heavy atom. The summed E-state index contributed by atoms with van der Waals surface area (Å²) >= 11 is 1.04. The molecule has 1 aliphatic heterocycles. The number of hydrogen-bond donors (Lipinski definition) is 2. The van der Waals surface area contributed by atoms with E-state index in [9.17, 15) is 22.8 Å². The van der Waals surface area contributed by atoms with Crippen molar-refractivity contribution >= 4 is 39.5 Å². The Hall–Kier alpha value is -3.27. The molecule has 2 amide bonds. The topological polar surface area (TPSA) is 74.6 Å². The maximum Gasteiger partial charge on any atom is 0.416 e. The van der Waals surface area contributed by atoms with Crippen molar-refractivity contribution in [1.29, 1.82) is 0 Å². The van der Waals surface area contributed by atoms with Gasteiger partial charge in [0.1, 0.15) is 0 Å². The fourth-order valence-electron chi connectivity index (χ4n) is 3.75. The lowest BCUT2D eigenvalue weighted by atomic mass is 10.1. The van der Waals surface area contributed by atoms with Gasteiger partial charge in [-0.1, -0.05) is 0 Å². The maximum absolute atomic E-state index is 13.3. The maximum atomic E-state index is 13.3. The summed E-state index contributed by atoms with van der Waals surface area (Å²) in [6.45, 7) is 3.14. The number of thiophene rings is 1. The fourth-order valence-corrected chi connectivity index (χ4v) is 4.72. The van der Waals surface area contributed by atoms with Crippen molar-refractivity contribution in [1.82, 2.24) is 0 Å². The number of rotatable bonds is 5. The summed E-state index contributed by atoms with van der Waals surface area (Å²) in [5, 5.41) is 5.77. The molecule has 0 saturated carbocycles. The van der Waals surface area contributed by atoms with Crippen LogP contribution < -0.4 is 15.5 Å². The Bertz CT molecular complexity index is 1150. The smallest absolute Gasteiger partial charge is 0.416 e. The highest BCUT2D eigenvalue weighted by Gasteiger charge is 2.32. The quantitative estimate of drug-likeness (QED) is 0.461. The van der Waals surface area contributed by atoms with Gasteiger partial charge in [0.15, 0.2) is 5.76 Å². The molecule has 1 aliphatic rings. The molecule has 0 unspecified atom stereocenters. The van der Waals surface area contributed by atoms with E-state index in [4.69, 9.17) is 4.42 Å². The molecule has 10 heteroatoms. The Morgan fingerprint density at radius 1 is 1.03 bits per heavy atom. The van der Waals surface area contributed by atoms with Crippen LogP contribution in [0.3, 0.4) is 0 Å². The summed E-state index contributed by atoms with van der Waals surface area (Å²) in [5.74, 6) is -0.866. The normalized spacial score (nSPS) is 14.2. The van der Waals surface area contributed by atoms with Gasteiger partial charge < -0.3 is 20.0 Å². The first-order valence-electron chi connectivity index (χ1n) is 10.5. The van der Waals surface area contributed by atoms with Gasteiger partial charge in [0.25, 0.3) is 11.8 Å². The molecule has 33 heavy (non-hydrogen) atoms. The number of carbonyl (C=O) groups excluding carboxylic acids is 2. The van der Waals surface area contributed by atoms with Crippen molar-refractivity contribution in [2.24, 2.45) is 0 Å². The lowest BCUT2D eigenvalue weighted by Gasteiger charge is -2.31. The molecule has 0 bridgehead atoms. The summed E-state index contributed by atoms with van der Waals surface area (Å²) in [7, 11) is 0. The van der Waals surface area contributed by atoms with Crippen molar-refractivity contribution in [3.8, 4) is 0 Å². The van der Waals surface area contributed by atoms with E-state index < -0.39 is 23.6 Å². The van der Waals surface area contributed by atoms with Gasteiger partial charge in [0.2, 0.25) is 0 Å². The second-order valence-corrected chi connectivity index (χ2v) is 8.84. The van der Waals surface area contributed by atoms with Gasteiger partial charge in [-0.05, 0) is 68.1 Å². The molecule has 0 atom stereocenters. The summed E-state index contributed by atoms with van der Waals surface area (Å²) in [5.41, 5.74) is 0.453. The third-order valence-electron chi connectivity index (χ3n) is 5.37. The zero-order valence-electron chi connectivity index (χ0n) is 17.8. The Labute approximate surface area is 192 Å². The van der Waals surface area contributed by atoms with Crippen molar-refractivity contribution in [2.45, 2.75) is 32.4 Å². The number of carbonyl (C=O) groups is 2. The standard InChI is InChI=1S/C23H22F3N3O3S/c1-14-12-19(28-21(30)18-6-5-11-32-18)33-20(14)22(31)27-16-13-15(23(24,25)26)7-8-17(16)29-9-3-2-4-10-29/h5-8,11-13H,2-4,9-10H2,1H3,(H,27,31)(H,28,30). The first kappa shape index (κ1) is 22.9. The largest absolute Gasteiger partial charge is 0.459 e. The van der Waals surface area contributed by atoms with Crippen LogP contribution in [-0.4, -0.2) is 24.9 Å². The number of alkyl halides is 3. The first-order chi connectivity index (χ1) is 15.7. The van der Waals surface area contributed by atoms with Gasteiger partial charge in [-0.15, -0.1) is 11.3 Å². The molecular weight excluding hydrogens is 455 g/mol. The third kappa shape index (κ3) is 5.22. The highest BCUT2D eigenvalue weighted by molar-refractivity contribution is 7.18. The second-order valence-electron chi connectivity index (χ2n) is 7.79. The van der Waals surface area contributed by atoms with E-state index in [1.807, 2.05) is 4.90 Å². The van der Waals surface area contributed by atoms with Crippen LogP contribution in [0.4, 0.5) is 29.5 Å². The number of benzene rings is 1. The van der Waals surface area contributed by atoms with E-state index in [-0.39, 0.29) is 11.4 Å². The average Bonchev–Trinajstić information content (AvgIpc) is 3.44. The molecule has 3 aromatic rings. The molecule has 1 fully saturated rings. The number of aryl methyl sites for hydroxylation is 1. The van der Waals surface area contributed by atoms with Crippen LogP contribution in [0.15, 0.2) is 47.1 Å². The predicted molar refractivity (Wildman–Crippen MR) is 121 cm³/mol. The fraction of sp³-hybridized carbons (Fsp3) is 0.304. The lowest BCUT2D eigenvalue weighted by molar-refractivity contribution is -0.137. The van der Waals surface area contributed by atoms with Crippen LogP contribution in [0.2, 0.25) is 0 Å². The monoisotopic (exact) mass is 477 g/mol. The molecule has 1 aromatic carbocycles. The first-order valence-corrected chi connectivity index (χ1v) is 11.3. The van der Waals surface area contributed by atoms with Gasteiger partial charge in [0.05, 0.1) is 33.1 Å². The van der Waals surface area contributed by atoms with Crippen LogP contribution in [0, 0.1) is 6.92 Å². The molecular formula is C23H22F3N3O3S. The molecule has 4 rings (SSSR count). The van der Waals surface area contributed by atoms with Crippen LogP contribution in [-0.2, 0) is 6.18 Å². The van der Waals surface area contributed by atoms with Gasteiger partial charge in [0, 0.05) is 13.1 Å². The SMILES string of the molecule is Cc1cc(NC(=O)c2ccco2)sc1C(=O)Nc1cc(C(F)(F)F)ccc1N1CCCCC1. The number of nitrogens with one attached hydrogen (secondary N) is 2. The number of nitrogens with zero attached hydrogens (tertiary/aromatic N) is 1. The summed E-state index contributed by atoms with van der Waals surface area (Å²) in [6.07, 6.45) is -0.196. The zero-order valence-corrected chi connectivity index (χ0v) is 18.6. The van der Waals surface area contributed by atoms with Crippen molar-refractivity contribution in [3.63, 3.8) is 0 Å². The van der Waals surface area contributed by atoms with E-state index in [1.54, 1.807) is 19.1 Å². The molecule has 0 spiro atoms. The van der Waals surface area contributed by atoms with Gasteiger partial charge in [-0.3, -0.25) is 9.59 Å². The van der Waals surface area contributed by atoms with Crippen LogP contribution in [0.1, 0.15) is 50.6 Å². The minimum atomic E-state index is -4.53. The minimum Gasteiger partial charge on any atom is -0.459 e. The van der Waals surface area contributed by atoms with Crippen molar-refractivity contribution < 1.29 is 27.2 Å². The molecule has 0 radical (unpaired) electrons. The van der Waals surface area contributed by atoms with Crippen LogP contribution in [0.25, 0.3) is 0 Å². The van der Waals surface area contributed by atoms with E-state index in [1.165, 1.54) is 18.4 Å². The third-order valence-corrected chi connectivity index (χ3v) is 6.53. The Kier molecular flexibility index (Phi) is 6.46. The Balaban J connectivity index is 1.58. The second kappa shape index (κ2) is 9.30. The molecule has 6 nitrogen and oxygen atoms in total. The number of halogens is 3. The molecule has 2 aromatic heterocycles. The molecule has 3 heterocycles. The number of anilines is 3. The number of hydrogen-bond acceptors (Lipinski definition) is 5. The average molecular weight is 478 g/mol. The lowest BCUT2D eigenvalue weighted by Crippen LogP contribution is -2.30. The molecule has 0 aliphatic carbocycles. The van der Waals surface area contributed by atoms with Gasteiger partial charge >= 0.3 is 6.18 Å². The summed E-state index contributed by atoms with van der Waals surface area (Å²) < 4.78 is 45.1. The summed E-state index contributed by atoms with van der Waals surface area (Å²) in [6, 6.07) is 8.17. The van der Waals surface area contributed by atoms with E-state index in [0.29, 0.717) is 21.1 Å². The van der Waals surface area contributed by atoms with E-state index >= 15 is 0 Å². The van der Waals surface area contributed by atoms with Gasteiger partial charge in [-0.2, -0.15) is 13.2 Å². The Morgan fingerprint density at radius 3 is 2.45 bits per heavy atom. The zero-order chi connectivity index (χ0) is 23.6. The van der Waals surface area contributed by atoms with Crippen LogP contribution >= 0.6 is 11.3 Å². The van der Waals surface area contributed by atoms with E-state index in [0.717, 1.165) is 55.8 Å². The minimum absolute atomic E-state index is 0.116. The van der Waals surface area contributed by atoms with Gasteiger partial charge in [-0.25, -0.2) is 0 Å². The highest BCUT2D eigenvalue weighted by atomic mass is 32.1. The molecule has 2 N–H and O–H groups in total. The number of furan rings is 1. The van der Waals surface area contributed by atoms with Crippen molar-refractivity contribution in [3.05, 3.63) is 64.4 Å². The summed E-state index contributed by atoms with van der Waals surface area (Å²) in [4.78, 5) is 27.5.